The van der Waals surface area contributed by atoms with Crippen LogP contribution >= 0.6 is 0 Å². The first-order chi connectivity index (χ1) is 16.4. The lowest BCUT2D eigenvalue weighted by atomic mass is 9.75. The summed E-state index contributed by atoms with van der Waals surface area (Å²) in [7, 11) is 0. The molecule has 0 spiro atoms. The van der Waals surface area contributed by atoms with Crippen LogP contribution in [0.1, 0.15) is 83.6 Å². The van der Waals surface area contributed by atoms with Crippen LogP contribution in [-0.2, 0) is 6.42 Å². The predicted octanol–water partition coefficient (Wildman–Crippen LogP) is 4.60. The summed E-state index contributed by atoms with van der Waals surface area (Å²) < 4.78 is 7.31. The fourth-order valence-electron chi connectivity index (χ4n) is 4.92. The van der Waals surface area contributed by atoms with E-state index >= 15 is 0 Å². The van der Waals surface area contributed by atoms with Crippen LogP contribution in [0.15, 0.2) is 47.0 Å². The average molecular weight is 454 g/mol. The molecule has 4 heterocycles. The Morgan fingerprint density at radius 1 is 1.38 bits per heavy atom. The monoisotopic (exact) mass is 453 g/mol. The fraction of sp³-hybridized carbons (Fsp3) is 0.333. The number of aryl methyl sites for hydroxylation is 1. The normalized spacial score (nSPS) is 19.1. The second-order valence-electron chi connectivity index (χ2n) is 9.18. The molecule has 7 heteroatoms. The third-order valence-electron chi connectivity index (χ3n) is 6.67. The maximum atomic E-state index is 12.3. The van der Waals surface area contributed by atoms with Crippen LogP contribution in [0.5, 0.6) is 0 Å². The Bertz CT molecular complexity index is 1390. The first-order valence-electron chi connectivity index (χ1n) is 11.5. The summed E-state index contributed by atoms with van der Waals surface area (Å²) in [6, 6.07) is 6.60. The predicted molar refractivity (Wildman–Crippen MR) is 129 cm³/mol. The molecule has 2 N–H and O–H groups in total. The van der Waals surface area contributed by atoms with Crippen molar-refractivity contribution >= 4 is 5.91 Å². The summed E-state index contributed by atoms with van der Waals surface area (Å²) in [6.45, 7) is 9.53. The van der Waals surface area contributed by atoms with Crippen molar-refractivity contribution in [1.29, 1.82) is 0 Å². The lowest BCUT2D eigenvalue weighted by Crippen LogP contribution is -2.25. The molecule has 172 valence electrons. The Labute approximate surface area is 198 Å². The molecule has 0 unspecified atom stereocenters. The van der Waals surface area contributed by atoms with Crippen molar-refractivity contribution in [3.05, 3.63) is 76.7 Å². The van der Waals surface area contributed by atoms with Crippen molar-refractivity contribution in [2.75, 3.05) is 0 Å². The summed E-state index contributed by atoms with van der Waals surface area (Å²) >= 11 is 0. The highest BCUT2D eigenvalue weighted by Crippen LogP contribution is 2.53. The molecule has 2 aliphatic heterocycles. The standard InChI is InChI=1S/C27H27N5O2/c1-5-6-15(2)11-23-24(25(28)33)30-27-22-12-18(8-7-16(3)26-29-17(4)34-31-26)9-10-21(22)19-13-20(14-19)32(23)27/h5-6,9-10,12,16,19-20H,1,11,13-14H2,2-4H3,(H2,28,33)/b15-6+/t16-,19?,20?/m0/s1. The Morgan fingerprint density at radius 3 is 2.85 bits per heavy atom. The minimum atomic E-state index is -0.500. The highest BCUT2D eigenvalue weighted by Gasteiger charge is 2.41. The number of primary amides is 1. The summed E-state index contributed by atoms with van der Waals surface area (Å²) in [5.74, 6) is 8.22. The molecule has 2 aromatic heterocycles. The summed E-state index contributed by atoms with van der Waals surface area (Å²) in [6.07, 6.45) is 6.39. The van der Waals surface area contributed by atoms with E-state index < -0.39 is 5.91 Å². The number of imidazole rings is 1. The maximum absolute atomic E-state index is 12.3. The molecule has 7 nitrogen and oxygen atoms in total. The van der Waals surface area contributed by atoms with Crippen LogP contribution in [0, 0.1) is 18.8 Å². The smallest absolute Gasteiger partial charge is 0.269 e. The molecule has 1 amide bonds. The van der Waals surface area contributed by atoms with Crippen LogP contribution < -0.4 is 5.73 Å². The van der Waals surface area contributed by atoms with Crippen LogP contribution in [0.2, 0.25) is 0 Å². The first kappa shape index (κ1) is 21.9. The number of benzene rings is 1. The largest absolute Gasteiger partial charge is 0.364 e. The summed E-state index contributed by atoms with van der Waals surface area (Å²) in [4.78, 5) is 21.4. The van der Waals surface area contributed by atoms with E-state index in [9.17, 15) is 4.79 Å². The van der Waals surface area contributed by atoms with E-state index in [1.54, 1.807) is 13.0 Å². The zero-order valence-corrected chi connectivity index (χ0v) is 19.6. The molecule has 0 saturated heterocycles. The maximum Gasteiger partial charge on any atom is 0.269 e. The number of nitrogens with two attached hydrogens (primary N) is 1. The van der Waals surface area contributed by atoms with E-state index in [2.05, 4.69) is 51.3 Å². The number of amides is 1. The quantitative estimate of drug-likeness (QED) is 0.449. The van der Waals surface area contributed by atoms with E-state index in [0.717, 1.165) is 41.1 Å². The van der Waals surface area contributed by atoms with E-state index in [4.69, 9.17) is 15.2 Å². The van der Waals surface area contributed by atoms with E-state index in [0.29, 0.717) is 35.8 Å². The lowest BCUT2D eigenvalue weighted by Gasteiger charge is -2.35. The van der Waals surface area contributed by atoms with Gasteiger partial charge in [-0.2, -0.15) is 4.98 Å². The fourth-order valence-corrected chi connectivity index (χ4v) is 4.92. The van der Waals surface area contributed by atoms with Crippen LogP contribution in [-0.4, -0.2) is 25.6 Å². The molecule has 34 heavy (non-hydrogen) atoms. The highest BCUT2D eigenvalue weighted by atomic mass is 16.5. The Balaban J connectivity index is 1.59. The molecular formula is C27H27N5O2. The molecule has 1 atom stereocenters. The number of carbonyl (C=O) groups excluding carboxylic acids is 1. The minimum Gasteiger partial charge on any atom is -0.364 e. The van der Waals surface area contributed by atoms with Gasteiger partial charge in [0, 0.05) is 30.5 Å². The van der Waals surface area contributed by atoms with Crippen molar-refractivity contribution in [3.63, 3.8) is 0 Å². The minimum absolute atomic E-state index is 0.154. The number of nitrogens with zero attached hydrogens (tertiary/aromatic N) is 4. The van der Waals surface area contributed by atoms with Gasteiger partial charge >= 0.3 is 0 Å². The third-order valence-corrected chi connectivity index (χ3v) is 6.67. The van der Waals surface area contributed by atoms with E-state index in [-0.39, 0.29) is 5.92 Å². The van der Waals surface area contributed by atoms with Gasteiger partial charge in [-0.3, -0.25) is 4.79 Å². The molecule has 1 saturated carbocycles. The first-order valence-corrected chi connectivity index (χ1v) is 11.5. The summed E-state index contributed by atoms with van der Waals surface area (Å²) in [5, 5.41) is 3.97. The number of hydrogen-bond donors (Lipinski definition) is 1. The molecular weight excluding hydrogens is 426 g/mol. The molecule has 0 radical (unpaired) electrons. The van der Waals surface area contributed by atoms with Crippen LogP contribution in [0.3, 0.4) is 0 Å². The van der Waals surface area contributed by atoms with Crippen molar-refractivity contribution in [2.24, 2.45) is 5.73 Å². The number of allylic oxidation sites excluding steroid dienone is 3. The van der Waals surface area contributed by atoms with Gasteiger partial charge in [0.1, 0.15) is 11.5 Å². The van der Waals surface area contributed by atoms with Gasteiger partial charge in [0.2, 0.25) is 5.89 Å². The Hall–Kier alpha value is -3.92. The molecule has 2 bridgehead atoms. The lowest BCUT2D eigenvalue weighted by molar-refractivity contribution is 0.0994. The van der Waals surface area contributed by atoms with Crippen molar-refractivity contribution in [2.45, 2.75) is 57.9 Å². The number of rotatable bonds is 5. The highest BCUT2D eigenvalue weighted by molar-refractivity contribution is 5.93. The number of hydrogen-bond acceptors (Lipinski definition) is 5. The SMILES string of the molecule is C=C/C=C(\C)Cc1c(C(N)=O)nc2n1C1CC(C1)c1ccc(C#C[C@H](C)c3noc(C)n3)cc1-2. The average Bonchev–Trinajstić information content (AvgIpc) is 3.29. The second kappa shape index (κ2) is 8.45. The molecule has 1 aromatic carbocycles. The van der Waals surface area contributed by atoms with Gasteiger partial charge in [-0.25, -0.2) is 4.98 Å². The van der Waals surface area contributed by atoms with Gasteiger partial charge in [0.15, 0.2) is 5.82 Å². The molecule has 6 rings (SSSR count). The van der Waals surface area contributed by atoms with Gasteiger partial charge in [-0.15, -0.1) is 0 Å². The topological polar surface area (TPSA) is 99.8 Å². The van der Waals surface area contributed by atoms with Gasteiger partial charge in [-0.05, 0) is 50.3 Å². The number of aromatic nitrogens is 4. The van der Waals surface area contributed by atoms with Crippen molar-refractivity contribution < 1.29 is 9.32 Å². The summed E-state index contributed by atoms with van der Waals surface area (Å²) in [5.41, 5.74) is 11.3. The number of carbonyl (C=O) groups is 1. The Kier molecular flexibility index (Phi) is 5.45. The molecule has 3 aliphatic rings. The van der Waals surface area contributed by atoms with Crippen LogP contribution in [0.4, 0.5) is 0 Å². The van der Waals surface area contributed by atoms with Gasteiger partial charge < -0.3 is 14.8 Å². The third kappa shape index (κ3) is 3.75. The van der Waals surface area contributed by atoms with Gasteiger partial charge in [0.05, 0.1) is 11.6 Å². The van der Waals surface area contributed by atoms with E-state index in [1.165, 1.54) is 5.56 Å². The van der Waals surface area contributed by atoms with Crippen LogP contribution in [0.25, 0.3) is 11.4 Å². The van der Waals surface area contributed by atoms with E-state index in [1.807, 2.05) is 19.9 Å². The molecule has 3 aromatic rings. The van der Waals surface area contributed by atoms with Crippen molar-refractivity contribution in [1.82, 2.24) is 19.7 Å². The zero-order valence-electron chi connectivity index (χ0n) is 19.6. The van der Waals surface area contributed by atoms with Gasteiger partial charge in [-0.1, -0.05) is 47.4 Å². The Morgan fingerprint density at radius 2 is 2.18 bits per heavy atom. The van der Waals surface area contributed by atoms with Crippen molar-refractivity contribution in [3.8, 4) is 23.2 Å². The molecule has 1 aliphatic carbocycles. The second-order valence-corrected chi connectivity index (χ2v) is 9.18. The molecule has 1 fully saturated rings. The van der Waals surface area contributed by atoms with Gasteiger partial charge in [0.25, 0.3) is 5.91 Å². The zero-order chi connectivity index (χ0) is 24.0.